The molecule has 2 aromatic carbocycles. The normalized spacial score (nSPS) is 10.9. The Morgan fingerprint density at radius 1 is 1.06 bits per heavy atom. The monoisotopic (exact) mass is 240 g/mol. The number of aromatic amines is 1. The van der Waals surface area contributed by atoms with Crippen molar-refractivity contribution in [2.24, 2.45) is 0 Å². The van der Waals surface area contributed by atoms with Crippen molar-refractivity contribution in [1.82, 2.24) is 9.97 Å². The summed E-state index contributed by atoms with van der Waals surface area (Å²) < 4.78 is 0. The molecule has 0 unspecified atom stereocenters. The summed E-state index contributed by atoms with van der Waals surface area (Å²) in [6.07, 6.45) is 0. The maximum Gasteiger partial charge on any atom is 0.139 e. The van der Waals surface area contributed by atoms with Crippen LogP contribution in [0.5, 0.6) is 5.75 Å². The molecule has 3 aromatic rings. The first kappa shape index (κ1) is 10.5. The lowest BCUT2D eigenvalue weighted by Gasteiger charge is -2.00. The molecule has 3 rings (SSSR count). The second kappa shape index (κ2) is 3.66. The second-order valence-corrected chi connectivity index (χ2v) is 4.14. The number of fused-ring (bicyclic) bond motifs is 1. The van der Waals surface area contributed by atoms with Gasteiger partial charge in [-0.15, -0.1) is 0 Å². The van der Waals surface area contributed by atoms with Gasteiger partial charge >= 0.3 is 0 Å². The SMILES string of the molecule is Nc1ccc2nc(-c3ccc(N)c(O)c3)[nH]c2c1. The van der Waals surface area contributed by atoms with Crippen molar-refractivity contribution in [3.8, 4) is 17.1 Å². The number of anilines is 2. The Labute approximate surface area is 103 Å². The topological polar surface area (TPSA) is 101 Å². The number of nitrogens with zero attached hydrogens (tertiary/aromatic N) is 1. The van der Waals surface area contributed by atoms with Crippen molar-refractivity contribution in [3.05, 3.63) is 36.4 Å². The summed E-state index contributed by atoms with van der Waals surface area (Å²) in [5.74, 6) is 0.721. The van der Waals surface area contributed by atoms with Crippen LogP contribution in [-0.4, -0.2) is 15.1 Å². The summed E-state index contributed by atoms with van der Waals surface area (Å²) in [4.78, 5) is 7.59. The molecule has 0 fully saturated rings. The molecule has 0 aliphatic heterocycles. The van der Waals surface area contributed by atoms with Gasteiger partial charge < -0.3 is 21.6 Å². The van der Waals surface area contributed by atoms with Gasteiger partial charge in [-0.2, -0.15) is 0 Å². The lowest BCUT2D eigenvalue weighted by Crippen LogP contribution is -1.86. The van der Waals surface area contributed by atoms with Crippen molar-refractivity contribution >= 4 is 22.4 Å². The summed E-state index contributed by atoms with van der Waals surface area (Å²) in [7, 11) is 0. The van der Waals surface area contributed by atoms with Gasteiger partial charge in [0.15, 0.2) is 0 Å². The molecule has 0 aliphatic carbocycles. The number of H-pyrrole nitrogens is 1. The number of phenols is 1. The summed E-state index contributed by atoms with van der Waals surface area (Å²) in [6.45, 7) is 0. The highest BCUT2D eigenvalue weighted by Crippen LogP contribution is 2.28. The van der Waals surface area contributed by atoms with Crippen LogP contribution in [0.25, 0.3) is 22.4 Å². The Bertz CT molecular complexity index is 733. The van der Waals surface area contributed by atoms with E-state index >= 15 is 0 Å². The van der Waals surface area contributed by atoms with E-state index in [1.54, 1.807) is 24.3 Å². The maximum absolute atomic E-state index is 9.59. The lowest BCUT2D eigenvalue weighted by molar-refractivity contribution is 0.478. The maximum atomic E-state index is 9.59. The number of hydrogen-bond acceptors (Lipinski definition) is 4. The molecule has 0 aliphatic rings. The average Bonchev–Trinajstić information content (AvgIpc) is 2.75. The summed E-state index contributed by atoms with van der Waals surface area (Å²) >= 11 is 0. The molecule has 90 valence electrons. The van der Waals surface area contributed by atoms with E-state index in [4.69, 9.17) is 11.5 Å². The number of aromatic hydroxyl groups is 1. The van der Waals surface area contributed by atoms with Gasteiger partial charge in [-0.25, -0.2) is 4.98 Å². The van der Waals surface area contributed by atoms with Crippen molar-refractivity contribution < 1.29 is 5.11 Å². The molecule has 1 aromatic heterocycles. The van der Waals surface area contributed by atoms with Gasteiger partial charge in [0.1, 0.15) is 11.6 Å². The fraction of sp³-hybridized carbons (Fsp3) is 0. The molecule has 0 atom stereocenters. The number of nitrogens with two attached hydrogens (primary N) is 2. The first-order chi connectivity index (χ1) is 8.63. The zero-order chi connectivity index (χ0) is 12.7. The largest absolute Gasteiger partial charge is 0.506 e. The third kappa shape index (κ3) is 1.62. The molecule has 6 N–H and O–H groups in total. The van der Waals surface area contributed by atoms with Crippen molar-refractivity contribution in [3.63, 3.8) is 0 Å². The van der Waals surface area contributed by atoms with Crippen LogP contribution in [0.15, 0.2) is 36.4 Å². The van der Waals surface area contributed by atoms with Gasteiger partial charge in [0, 0.05) is 11.3 Å². The second-order valence-electron chi connectivity index (χ2n) is 4.14. The number of nitrogens with one attached hydrogen (secondary N) is 1. The van der Waals surface area contributed by atoms with Gasteiger partial charge in [-0.3, -0.25) is 0 Å². The van der Waals surface area contributed by atoms with Crippen molar-refractivity contribution in [2.45, 2.75) is 0 Å². The van der Waals surface area contributed by atoms with Crippen LogP contribution in [0.3, 0.4) is 0 Å². The fourth-order valence-electron chi connectivity index (χ4n) is 1.85. The molecule has 0 saturated carbocycles. The van der Waals surface area contributed by atoms with E-state index in [0.717, 1.165) is 16.6 Å². The lowest BCUT2D eigenvalue weighted by atomic mass is 10.2. The number of phenolic OH excluding ortho intramolecular Hbond substituents is 1. The van der Waals surface area contributed by atoms with E-state index in [9.17, 15) is 5.11 Å². The Hall–Kier alpha value is -2.69. The third-order valence-corrected chi connectivity index (χ3v) is 2.81. The molecule has 5 nitrogen and oxygen atoms in total. The Balaban J connectivity index is 2.16. The van der Waals surface area contributed by atoms with Crippen molar-refractivity contribution in [2.75, 3.05) is 11.5 Å². The molecule has 0 spiro atoms. The van der Waals surface area contributed by atoms with Crippen LogP contribution in [0.4, 0.5) is 11.4 Å². The first-order valence-electron chi connectivity index (χ1n) is 5.47. The van der Waals surface area contributed by atoms with E-state index in [0.29, 0.717) is 17.2 Å². The number of aromatic nitrogens is 2. The van der Waals surface area contributed by atoms with Crippen LogP contribution in [0, 0.1) is 0 Å². The summed E-state index contributed by atoms with van der Waals surface area (Å²) in [6, 6.07) is 10.5. The summed E-state index contributed by atoms with van der Waals surface area (Å²) in [5.41, 5.74) is 14.8. The van der Waals surface area contributed by atoms with E-state index in [1.807, 2.05) is 12.1 Å². The molecule has 0 amide bonds. The molecule has 0 saturated heterocycles. The standard InChI is InChI=1S/C13H12N4O/c14-8-2-4-10-11(6-8)17-13(16-10)7-1-3-9(15)12(18)5-7/h1-6,18H,14-15H2,(H,16,17). The number of hydrogen-bond donors (Lipinski definition) is 4. The van der Waals surface area contributed by atoms with Gasteiger partial charge in [0.25, 0.3) is 0 Å². The third-order valence-electron chi connectivity index (χ3n) is 2.81. The fourth-order valence-corrected chi connectivity index (χ4v) is 1.85. The zero-order valence-corrected chi connectivity index (χ0v) is 9.51. The minimum atomic E-state index is 0.0486. The van der Waals surface area contributed by atoms with Crippen LogP contribution in [0.2, 0.25) is 0 Å². The molecule has 0 radical (unpaired) electrons. The highest BCUT2D eigenvalue weighted by molar-refractivity contribution is 5.82. The van der Waals surface area contributed by atoms with E-state index in [1.165, 1.54) is 0 Å². The molecule has 5 heteroatoms. The van der Waals surface area contributed by atoms with E-state index < -0.39 is 0 Å². The molecular weight excluding hydrogens is 228 g/mol. The zero-order valence-electron chi connectivity index (χ0n) is 9.51. The molecular formula is C13H12N4O. The van der Waals surface area contributed by atoms with Gasteiger partial charge in [0.05, 0.1) is 16.7 Å². The molecule has 1 heterocycles. The van der Waals surface area contributed by atoms with Crippen LogP contribution >= 0.6 is 0 Å². The van der Waals surface area contributed by atoms with Crippen LogP contribution in [0.1, 0.15) is 0 Å². The van der Waals surface area contributed by atoms with Gasteiger partial charge in [0.2, 0.25) is 0 Å². The number of imidazole rings is 1. The number of nitrogen functional groups attached to an aromatic ring is 2. The minimum absolute atomic E-state index is 0.0486. The Kier molecular flexibility index (Phi) is 2.13. The van der Waals surface area contributed by atoms with Gasteiger partial charge in [-0.05, 0) is 36.4 Å². The predicted molar refractivity (Wildman–Crippen MR) is 72.0 cm³/mol. The Morgan fingerprint density at radius 3 is 2.67 bits per heavy atom. The van der Waals surface area contributed by atoms with Crippen molar-refractivity contribution in [1.29, 1.82) is 0 Å². The number of benzene rings is 2. The van der Waals surface area contributed by atoms with E-state index in [2.05, 4.69) is 9.97 Å². The first-order valence-corrected chi connectivity index (χ1v) is 5.47. The molecule has 18 heavy (non-hydrogen) atoms. The average molecular weight is 240 g/mol. The predicted octanol–water partition coefficient (Wildman–Crippen LogP) is 2.10. The van der Waals surface area contributed by atoms with E-state index in [-0.39, 0.29) is 5.75 Å². The van der Waals surface area contributed by atoms with Gasteiger partial charge in [-0.1, -0.05) is 0 Å². The quantitative estimate of drug-likeness (QED) is 0.386. The van der Waals surface area contributed by atoms with Crippen LogP contribution < -0.4 is 11.5 Å². The summed E-state index contributed by atoms with van der Waals surface area (Å²) in [5, 5.41) is 9.59. The highest BCUT2D eigenvalue weighted by atomic mass is 16.3. The van der Waals surface area contributed by atoms with Crippen LogP contribution in [-0.2, 0) is 0 Å². The smallest absolute Gasteiger partial charge is 0.139 e. The molecule has 0 bridgehead atoms. The highest BCUT2D eigenvalue weighted by Gasteiger charge is 2.07. The number of rotatable bonds is 1. The Morgan fingerprint density at radius 2 is 1.89 bits per heavy atom. The minimum Gasteiger partial charge on any atom is -0.506 e.